The molecule has 0 bridgehead atoms. The van der Waals surface area contributed by atoms with Crippen LogP contribution in [0.2, 0.25) is 0 Å². The molecular formula is C16H21N3. The van der Waals surface area contributed by atoms with E-state index in [4.69, 9.17) is 5.73 Å². The van der Waals surface area contributed by atoms with Gasteiger partial charge >= 0.3 is 0 Å². The van der Waals surface area contributed by atoms with Crippen LogP contribution in [0.1, 0.15) is 47.7 Å². The largest absolute Gasteiger partial charge is 0.324 e. The molecule has 1 heterocycles. The third-order valence-corrected chi connectivity index (χ3v) is 4.06. The van der Waals surface area contributed by atoms with E-state index in [0.29, 0.717) is 0 Å². The molecule has 1 atom stereocenters. The maximum atomic E-state index is 6.25. The third kappa shape index (κ3) is 2.19. The molecule has 19 heavy (non-hydrogen) atoms. The fourth-order valence-corrected chi connectivity index (χ4v) is 3.01. The van der Waals surface area contributed by atoms with Crippen LogP contribution in [0.4, 0.5) is 0 Å². The zero-order valence-electron chi connectivity index (χ0n) is 11.7. The fraction of sp³-hybridized carbons (Fsp3) is 0.438. The normalized spacial score (nSPS) is 19.0. The van der Waals surface area contributed by atoms with Crippen molar-refractivity contribution in [3.63, 3.8) is 0 Å². The Labute approximate surface area is 114 Å². The lowest BCUT2D eigenvalue weighted by Gasteiger charge is -2.12. The van der Waals surface area contributed by atoms with Gasteiger partial charge in [0.2, 0.25) is 0 Å². The number of aryl methyl sites for hydroxylation is 2. The molecule has 1 aliphatic carbocycles. The minimum absolute atomic E-state index is 0.150. The molecule has 2 N–H and O–H groups in total. The number of nitrogens with two attached hydrogens (primary N) is 1. The number of rotatable bonds is 1. The van der Waals surface area contributed by atoms with Crippen molar-refractivity contribution in [3.05, 3.63) is 46.8 Å². The lowest BCUT2D eigenvalue weighted by molar-refractivity contribution is 0.611. The van der Waals surface area contributed by atoms with Crippen LogP contribution in [-0.4, -0.2) is 9.78 Å². The number of hydrogen-bond acceptors (Lipinski definition) is 2. The molecule has 3 rings (SSSR count). The molecular weight excluding hydrogens is 234 g/mol. The van der Waals surface area contributed by atoms with Crippen molar-refractivity contribution in [3.8, 4) is 5.69 Å². The SMILES string of the molecule is Cc1ccc(-n2ncc3c2CCCCC3N)c(C)c1. The molecule has 0 radical (unpaired) electrons. The van der Waals surface area contributed by atoms with Gasteiger partial charge in [0.1, 0.15) is 0 Å². The van der Waals surface area contributed by atoms with E-state index in [2.05, 4.69) is 41.8 Å². The predicted octanol–water partition coefficient (Wildman–Crippen LogP) is 3.22. The van der Waals surface area contributed by atoms with E-state index in [1.165, 1.54) is 40.9 Å². The van der Waals surface area contributed by atoms with Crippen LogP contribution in [0.3, 0.4) is 0 Å². The van der Waals surface area contributed by atoms with Crippen LogP contribution < -0.4 is 5.73 Å². The summed E-state index contributed by atoms with van der Waals surface area (Å²) in [5.74, 6) is 0. The molecule has 0 amide bonds. The average Bonchev–Trinajstić information content (AvgIpc) is 2.69. The fourth-order valence-electron chi connectivity index (χ4n) is 3.01. The van der Waals surface area contributed by atoms with Gasteiger partial charge in [-0.25, -0.2) is 4.68 Å². The molecule has 0 aliphatic heterocycles. The van der Waals surface area contributed by atoms with E-state index in [0.717, 1.165) is 12.8 Å². The summed E-state index contributed by atoms with van der Waals surface area (Å²) in [4.78, 5) is 0. The summed E-state index contributed by atoms with van der Waals surface area (Å²) in [6, 6.07) is 6.67. The Kier molecular flexibility index (Phi) is 3.15. The molecule has 0 saturated carbocycles. The van der Waals surface area contributed by atoms with Crippen molar-refractivity contribution in [1.82, 2.24) is 9.78 Å². The number of aromatic nitrogens is 2. The molecule has 2 aromatic rings. The van der Waals surface area contributed by atoms with E-state index in [1.807, 2.05) is 6.20 Å². The van der Waals surface area contributed by atoms with Crippen LogP contribution in [-0.2, 0) is 6.42 Å². The van der Waals surface area contributed by atoms with Gasteiger partial charge in [-0.15, -0.1) is 0 Å². The zero-order valence-corrected chi connectivity index (χ0v) is 11.7. The van der Waals surface area contributed by atoms with E-state index in [1.54, 1.807) is 0 Å². The Morgan fingerprint density at radius 2 is 2.11 bits per heavy atom. The van der Waals surface area contributed by atoms with Gasteiger partial charge in [-0.3, -0.25) is 0 Å². The van der Waals surface area contributed by atoms with Crippen LogP contribution in [0.25, 0.3) is 5.69 Å². The highest BCUT2D eigenvalue weighted by Gasteiger charge is 2.20. The Balaban J connectivity index is 2.11. The molecule has 1 aromatic carbocycles. The van der Waals surface area contributed by atoms with Gasteiger partial charge in [0.25, 0.3) is 0 Å². The topological polar surface area (TPSA) is 43.8 Å². The first kappa shape index (κ1) is 12.4. The monoisotopic (exact) mass is 255 g/mol. The summed E-state index contributed by atoms with van der Waals surface area (Å²) in [7, 11) is 0. The Morgan fingerprint density at radius 3 is 2.89 bits per heavy atom. The summed E-state index contributed by atoms with van der Waals surface area (Å²) in [6.07, 6.45) is 6.53. The molecule has 0 fully saturated rings. The second-order valence-electron chi connectivity index (χ2n) is 5.60. The Morgan fingerprint density at radius 1 is 1.26 bits per heavy atom. The highest BCUT2D eigenvalue weighted by Crippen LogP contribution is 2.29. The Bertz CT molecular complexity index is 598. The molecule has 1 aromatic heterocycles. The minimum atomic E-state index is 0.150. The third-order valence-electron chi connectivity index (χ3n) is 4.06. The van der Waals surface area contributed by atoms with Crippen molar-refractivity contribution in [2.24, 2.45) is 5.73 Å². The summed E-state index contributed by atoms with van der Waals surface area (Å²) in [5.41, 5.74) is 12.5. The van der Waals surface area contributed by atoms with Gasteiger partial charge in [-0.05, 0) is 44.7 Å². The van der Waals surface area contributed by atoms with Crippen molar-refractivity contribution in [1.29, 1.82) is 0 Å². The van der Waals surface area contributed by atoms with Crippen molar-refractivity contribution in [2.75, 3.05) is 0 Å². The van der Waals surface area contributed by atoms with E-state index in [9.17, 15) is 0 Å². The molecule has 1 aliphatic rings. The van der Waals surface area contributed by atoms with E-state index < -0.39 is 0 Å². The summed E-state index contributed by atoms with van der Waals surface area (Å²) in [5, 5.41) is 4.59. The van der Waals surface area contributed by atoms with Gasteiger partial charge in [0.15, 0.2) is 0 Å². The van der Waals surface area contributed by atoms with Crippen LogP contribution >= 0.6 is 0 Å². The lowest BCUT2D eigenvalue weighted by Crippen LogP contribution is -2.10. The second-order valence-corrected chi connectivity index (χ2v) is 5.60. The zero-order chi connectivity index (χ0) is 13.4. The minimum Gasteiger partial charge on any atom is -0.324 e. The van der Waals surface area contributed by atoms with Crippen LogP contribution in [0, 0.1) is 13.8 Å². The molecule has 1 unspecified atom stereocenters. The summed E-state index contributed by atoms with van der Waals surface area (Å²) < 4.78 is 2.09. The summed E-state index contributed by atoms with van der Waals surface area (Å²) in [6.45, 7) is 4.27. The standard InChI is InChI=1S/C16H21N3/c1-11-7-8-15(12(2)9-11)19-16-6-4-3-5-14(17)13(16)10-18-19/h7-10,14H,3-6,17H2,1-2H3. The van der Waals surface area contributed by atoms with Crippen molar-refractivity contribution in [2.45, 2.75) is 45.6 Å². The molecule has 0 saturated heterocycles. The van der Waals surface area contributed by atoms with Gasteiger partial charge in [-0.2, -0.15) is 5.10 Å². The predicted molar refractivity (Wildman–Crippen MR) is 77.5 cm³/mol. The molecule has 3 nitrogen and oxygen atoms in total. The number of benzene rings is 1. The maximum absolute atomic E-state index is 6.25. The number of hydrogen-bond donors (Lipinski definition) is 1. The van der Waals surface area contributed by atoms with Crippen LogP contribution in [0.15, 0.2) is 24.4 Å². The highest BCUT2D eigenvalue weighted by atomic mass is 15.3. The molecule has 0 spiro atoms. The first-order valence-corrected chi connectivity index (χ1v) is 7.07. The van der Waals surface area contributed by atoms with E-state index >= 15 is 0 Å². The smallest absolute Gasteiger partial charge is 0.0678 e. The van der Waals surface area contributed by atoms with Gasteiger partial charge in [0.05, 0.1) is 11.9 Å². The molecule has 100 valence electrons. The van der Waals surface area contributed by atoms with Crippen molar-refractivity contribution < 1.29 is 0 Å². The lowest BCUT2D eigenvalue weighted by atomic mass is 10.1. The highest BCUT2D eigenvalue weighted by molar-refractivity contribution is 5.44. The number of nitrogens with zero attached hydrogens (tertiary/aromatic N) is 2. The van der Waals surface area contributed by atoms with Gasteiger partial charge in [0, 0.05) is 17.3 Å². The first-order chi connectivity index (χ1) is 9.16. The number of fused-ring (bicyclic) bond motifs is 1. The van der Waals surface area contributed by atoms with E-state index in [-0.39, 0.29) is 6.04 Å². The summed E-state index contributed by atoms with van der Waals surface area (Å²) >= 11 is 0. The average molecular weight is 255 g/mol. The maximum Gasteiger partial charge on any atom is 0.0678 e. The van der Waals surface area contributed by atoms with Gasteiger partial charge in [-0.1, -0.05) is 24.1 Å². The second kappa shape index (κ2) is 4.82. The first-order valence-electron chi connectivity index (χ1n) is 7.07. The van der Waals surface area contributed by atoms with Gasteiger partial charge < -0.3 is 5.73 Å². The molecule has 3 heteroatoms. The van der Waals surface area contributed by atoms with Crippen molar-refractivity contribution >= 4 is 0 Å². The van der Waals surface area contributed by atoms with Crippen LogP contribution in [0.5, 0.6) is 0 Å². The quantitative estimate of drug-likeness (QED) is 0.795. The Hall–Kier alpha value is -1.61.